The molecular weight excluding hydrogens is 302 g/mol. The van der Waals surface area contributed by atoms with Gasteiger partial charge >= 0.3 is 5.97 Å². The smallest absolute Gasteiger partial charge is 0.328 e. The summed E-state index contributed by atoms with van der Waals surface area (Å²) >= 11 is 1.41. The number of benzene rings is 1. The Bertz CT molecular complexity index is 719. The molecule has 2 rings (SSSR count). The van der Waals surface area contributed by atoms with Gasteiger partial charge in [0.05, 0.1) is 14.2 Å². The normalized spacial score (nSPS) is 11.2. The van der Waals surface area contributed by atoms with Gasteiger partial charge in [0.2, 0.25) is 0 Å². The molecule has 1 aromatic heterocycles. The SMILES string of the molecule is COc1ccc(/C=C\c2ncc(/C=C\C(=O)O)s2)cc1OC. The van der Waals surface area contributed by atoms with E-state index in [2.05, 4.69) is 4.98 Å². The van der Waals surface area contributed by atoms with Gasteiger partial charge in [0.15, 0.2) is 11.5 Å². The van der Waals surface area contributed by atoms with Crippen LogP contribution in [0.5, 0.6) is 11.5 Å². The van der Waals surface area contributed by atoms with Crippen molar-refractivity contribution >= 4 is 35.5 Å². The van der Waals surface area contributed by atoms with Crippen LogP contribution < -0.4 is 9.47 Å². The minimum absolute atomic E-state index is 0.661. The Balaban J connectivity index is 2.13. The summed E-state index contributed by atoms with van der Waals surface area (Å²) < 4.78 is 10.4. The maximum absolute atomic E-state index is 10.5. The molecule has 6 heteroatoms. The van der Waals surface area contributed by atoms with Gasteiger partial charge in [0.25, 0.3) is 0 Å². The lowest BCUT2D eigenvalue weighted by Crippen LogP contribution is -1.90. The molecule has 0 spiro atoms. The summed E-state index contributed by atoms with van der Waals surface area (Å²) in [6, 6.07) is 5.62. The molecule has 0 radical (unpaired) electrons. The fourth-order valence-electron chi connectivity index (χ4n) is 1.73. The van der Waals surface area contributed by atoms with Crippen molar-refractivity contribution in [3.05, 3.63) is 45.9 Å². The molecule has 0 aliphatic carbocycles. The van der Waals surface area contributed by atoms with Crippen LogP contribution in [-0.4, -0.2) is 30.3 Å². The molecule has 5 nitrogen and oxygen atoms in total. The Morgan fingerprint density at radius 2 is 1.95 bits per heavy atom. The number of rotatable bonds is 6. The van der Waals surface area contributed by atoms with Gasteiger partial charge in [-0.3, -0.25) is 0 Å². The standard InChI is InChI=1S/C16H15NO4S/c1-20-13-6-3-11(9-14(13)21-2)4-7-15-17-10-12(22-15)5-8-16(18)19/h3-10H,1-2H3,(H,18,19)/b7-4-,8-5-. The largest absolute Gasteiger partial charge is 0.493 e. The molecule has 22 heavy (non-hydrogen) atoms. The number of carbonyl (C=O) groups is 1. The topological polar surface area (TPSA) is 68.7 Å². The molecular formula is C16H15NO4S. The summed E-state index contributed by atoms with van der Waals surface area (Å²) in [4.78, 5) is 15.5. The van der Waals surface area contributed by atoms with Crippen LogP contribution in [-0.2, 0) is 4.79 Å². The maximum Gasteiger partial charge on any atom is 0.328 e. The Morgan fingerprint density at radius 1 is 1.18 bits per heavy atom. The van der Waals surface area contributed by atoms with Gasteiger partial charge in [-0.25, -0.2) is 9.78 Å². The van der Waals surface area contributed by atoms with Crippen LogP contribution in [0.15, 0.2) is 30.5 Å². The molecule has 0 unspecified atom stereocenters. The number of aromatic nitrogens is 1. The van der Waals surface area contributed by atoms with E-state index in [1.807, 2.05) is 30.4 Å². The number of thiazole rings is 1. The van der Waals surface area contributed by atoms with Crippen molar-refractivity contribution in [2.45, 2.75) is 0 Å². The summed E-state index contributed by atoms with van der Waals surface area (Å²) in [5.74, 6) is 0.361. The highest BCUT2D eigenvalue weighted by molar-refractivity contribution is 7.13. The molecule has 0 saturated heterocycles. The number of methoxy groups -OCH3 is 2. The Hall–Kier alpha value is -2.60. The second kappa shape index (κ2) is 7.42. The van der Waals surface area contributed by atoms with Crippen LogP contribution in [0, 0.1) is 0 Å². The Labute approximate surface area is 132 Å². The zero-order valence-corrected chi connectivity index (χ0v) is 13.0. The molecule has 0 aliphatic heterocycles. The van der Waals surface area contributed by atoms with E-state index in [-0.39, 0.29) is 0 Å². The molecule has 0 saturated carbocycles. The Kier molecular flexibility index (Phi) is 5.32. The summed E-state index contributed by atoms with van der Waals surface area (Å²) in [5, 5.41) is 9.38. The second-order valence-corrected chi connectivity index (χ2v) is 5.31. The zero-order valence-electron chi connectivity index (χ0n) is 12.1. The number of carboxylic acid groups (broad SMARTS) is 1. The van der Waals surface area contributed by atoms with E-state index in [1.165, 1.54) is 17.4 Å². The zero-order chi connectivity index (χ0) is 15.9. The first-order valence-electron chi connectivity index (χ1n) is 6.39. The molecule has 1 heterocycles. The quantitative estimate of drug-likeness (QED) is 0.827. The lowest BCUT2D eigenvalue weighted by atomic mass is 10.2. The van der Waals surface area contributed by atoms with Gasteiger partial charge in [-0.05, 0) is 29.8 Å². The van der Waals surface area contributed by atoms with Crippen molar-refractivity contribution in [3.63, 3.8) is 0 Å². The van der Waals surface area contributed by atoms with Gasteiger partial charge in [0, 0.05) is 17.2 Å². The van der Waals surface area contributed by atoms with E-state index in [1.54, 1.807) is 20.4 Å². The number of hydrogen-bond donors (Lipinski definition) is 1. The van der Waals surface area contributed by atoms with E-state index in [0.29, 0.717) is 11.5 Å². The summed E-state index contributed by atoms with van der Waals surface area (Å²) in [5.41, 5.74) is 0.954. The van der Waals surface area contributed by atoms with Crippen LogP contribution >= 0.6 is 11.3 Å². The molecule has 0 amide bonds. The van der Waals surface area contributed by atoms with Crippen molar-refractivity contribution in [2.75, 3.05) is 14.2 Å². The monoisotopic (exact) mass is 317 g/mol. The fraction of sp³-hybridized carbons (Fsp3) is 0.125. The van der Waals surface area contributed by atoms with Gasteiger partial charge in [-0.15, -0.1) is 11.3 Å². The first-order valence-corrected chi connectivity index (χ1v) is 7.21. The number of aliphatic carboxylic acids is 1. The van der Waals surface area contributed by atoms with Crippen LogP contribution in [0.25, 0.3) is 18.2 Å². The average molecular weight is 317 g/mol. The molecule has 1 N–H and O–H groups in total. The van der Waals surface area contributed by atoms with E-state index in [0.717, 1.165) is 21.5 Å². The molecule has 2 aromatic rings. The number of carboxylic acids is 1. The van der Waals surface area contributed by atoms with E-state index >= 15 is 0 Å². The average Bonchev–Trinajstić information content (AvgIpc) is 2.98. The number of ether oxygens (including phenoxy) is 2. The third kappa shape index (κ3) is 4.20. The van der Waals surface area contributed by atoms with Crippen LogP contribution in [0.1, 0.15) is 15.4 Å². The van der Waals surface area contributed by atoms with E-state index in [9.17, 15) is 4.79 Å². The predicted molar refractivity (Wildman–Crippen MR) is 87.3 cm³/mol. The summed E-state index contributed by atoms with van der Waals surface area (Å²) in [7, 11) is 3.18. The predicted octanol–water partition coefficient (Wildman–Crippen LogP) is 3.43. The minimum atomic E-state index is -0.976. The maximum atomic E-state index is 10.5. The molecule has 0 fully saturated rings. The third-order valence-electron chi connectivity index (χ3n) is 2.76. The van der Waals surface area contributed by atoms with Crippen LogP contribution in [0.4, 0.5) is 0 Å². The van der Waals surface area contributed by atoms with Gasteiger partial charge in [-0.2, -0.15) is 0 Å². The highest BCUT2D eigenvalue weighted by atomic mass is 32.1. The van der Waals surface area contributed by atoms with Crippen LogP contribution in [0.3, 0.4) is 0 Å². The first kappa shape index (κ1) is 15.8. The summed E-state index contributed by atoms with van der Waals surface area (Å²) in [6.07, 6.45) is 8.02. The van der Waals surface area contributed by atoms with Crippen molar-refractivity contribution in [1.82, 2.24) is 4.98 Å². The third-order valence-corrected chi connectivity index (χ3v) is 3.69. The van der Waals surface area contributed by atoms with E-state index < -0.39 is 5.97 Å². The van der Waals surface area contributed by atoms with Crippen LogP contribution in [0.2, 0.25) is 0 Å². The minimum Gasteiger partial charge on any atom is -0.493 e. The molecule has 1 aromatic carbocycles. The van der Waals surface area contributed by atoms with Crippen molar-refractivity contribution in [2.24, 2.45) is 0 Å². The van der Waals surface area contributed by atoms with Crippen molar-refractivity contribution in [1.29, 1.82) is 0 Å². The molecule has 114 valence electrons. The highest BCUT2D eigenvalue weighted by Crippen LogP contribution is 2.28. The molecule has 0 atom stereocenters. The summed E-state index contributed by atoms with van der Waals surface area (Å²) in [6.45, 7) is 0. The molecule has 0 bridgehead atoms. The highest BCUT2D eigenvalue weighted by Gasteiger charge is 2.03. The molecule has 0 aliphatic rings. The fourth-order valence-corrected chi connectivity index (χ4v) is 2.46. The van der Waals surface area contributed by atoms with Crippen molar-refractivity contribution in [3.8, 4) is 11.5 Å². The van der Waals surface area contributed by atoms with Gasteiger partial charge in [0.1, 0.15) is 5.01 Å². The van der Waals surface area contributed by atoms with Gasteiger partial charge < -0.3 is 14.6 Å². The number of hydrogen-bond acceptors (Lipinski definition) is 5. The second-order valence-electron chi connectivity index (χ2n) is 4.22. The first-order chi connectivity index (χ1) is 10.6. The lowest BCUT2D eigenvalue weighted by Gasteiger charge is -2.07. The number of nitrogens with zero attached hydrogens (tertiary/aromatic N) is 1. The van der Waals surface area contributed by atoms with Crippen molar-refractivity contribution < 1.29 is 19.4 Å². The lowest BCUT2D eigenvalue weighted by molar-refractivity contribution is -0.131. The van der Waals surface area contributed by atoms with Gasteiger partial charge in [-0.1, -0.05) is 12.1 Å². The Morgan fingerprint density at radius 3 is 2.64 bits per heavy atom. The van der Waals surface area contributed by atoms with E-state index in [4.69, 9.17) is 14.6 Å².